The van der Waals surface area contributed by atoms with Crippen LogP contribution in [0.1, 0.15) is 75.8 Å². The zero-order chi connectivity index (χ0) is 17.7. The smallest absolute Gasteiger partial charge is 0.213 e. The lowest BCUT2D eigenvalue weighted by Crippen LogP contribution is -2.11. The van der Waals surface area contributed by atoms with Crippen LogP contribution in [0.2, 0.25) is 0 Å². The molecule has 1 unspecified atom stereocenters. The van der Waals surface area contributed by atoms with Crippen molar-refractivity contribution in [3.8, 4) is 5.88 Å². The van der Waals surface area contributed by atoms with E-state index in [0.29, 0.717) is 12.5 Å². The molecule has 1 aromatic carbocycles. The van der Waals surface area contributed by atoms with E-state index in [2.05, 4.69) is 43.1 Å². The van der Waals surface area contributed by atoms with Crippen LogP contribution in [0.3, 0.4) is 0 Å². The van der Waals surface area contributed by atoms with Gasteiger partial charge in [-0.2, -0.15) is 0 Å². The number of hydrogen-bond donors (Lipinski definition) is 0. The van der Waals surface area contributed by atoms with Crippen molar-refractivity contribution in [1.29, 1.82) is 0 Å². The molecule has 2 nitrogen and oxygen atoms in total. The van der Waals surface area contributed by atoms with Crippen molar-refractivity contribution in [3.05, 3.63) is 59.8 Å². The minimum atomic E-state index is 0.441. The summed E-state index contributed by atoms with van der Waals surface area (Å²) < 4.78 is 5.93. The molecule has 2 aromatic rings. The van der Waals surface area contributed by atoms with E-state index in [1.54, 1.807) is 6.20 Å². The third kappa shape index (κ3) is 7.29. The van der Waals surface area contributed by atoms with Crippen molar-refractivity contribution in [2.75, 3.05) is 6.61 Å². The van der Waals surface area contributed by atoms with E-state index in [-0.39, 0.29) is 0 Å². The number of hydrogen-bond acceptors (Lipinski definition) is 2. The zero-order valence-corrected chi connectivity index (χ0v) is 15.9. The zero-order valence-electron chi connectivity index (χ0n) is 15.9. The fraction of sp³-hybridized carbons (Fsp3) is 0.522. The van der Waals surface area contributed by atoms with Gasteiger partial charge >= 0.3 is 0 Å². The summed E-state index contributed by atoms with van der Waals surface area (Å²) in [5.41, 5.74) is 2.85. The topological polar surface area (TPSA) is 22.1 Å². The van der Waals surface area contributed by atoms with Crippen LogP contribution in [0.4, 0.5) is 0 Å². The van der Waals surface area contributed by atoms with E-state index in [1.807, 2.05) is 18.2 Å². The average molecular weight is 340 g/mol. The van der Waals surface area contributed by atoms with Gasteiger partial charge in [-0.15, -0.1) is 0 Å². The van der Waals surface area contributed by atoms with Crippen LogP contribution in [0.15, 0.2) is 48.7 Å². The molecule has 0 amide bonds. The second-order valence-electron chi connectivity index (χ2n) is 6.87. The Morgan fingerprint density at radius 2 is 1.68 bits per heavy atom. The predicted octanol–water partition coefficient (Wildman–Crippen LogP) is 6.56. The Morgan fingerprint density at radius 1 is 0.880 bits per heavy atom. The molecule has 0 aliphatic carbocycles. The van der Waals surface area contributed by atoms with Gasteiger partial charge in [0.2, 0.25) is 5.88 Å². The van der Waals surface area contributed by atoms with Gasteiger partial charge in [0, 0.05) is 18.2 Å². The van der Waals surface area contributed by atoms with Crippen molar-refractivity contribution in [3.63, 3.8) is 0 Å². The summed E-state index contributed by atoms with van der Waals surface area (Å²) in [6.45, 7) is 5.21. The number of aryl methyl sites for hydroxylation is 1. The number of benzene rings is 1. The number of rotatable bonds is 12. The summed E-state index contributed by atoms with van der Waals surface area (Å²) in [5, 5.41) is 0. The van der Waals surface area contributed by atoms with Gasteiger partial charge in [0.25, 0.3) is 0 Å². The minimum absolute atomic E-state index is 0.441. The van der Waals surface area contributed by atoms with Crippen LogP contribution < -0.4 is 4.74 Å². The molecular weight excluding hydrogens is 306 g/mol. The molecule has 0 saturated heterocycles. The first-order valence-corrected chi connectivity index (χ1v) is 9.96. The normalized spacial score (nSPS) is 12.1. The van der Waals surface area contributed by atoms with Crippen molar-refractivity contribution in [2.45, 2.75) is 71.1 Å². The number of ether oxygens (including phenoxy) is 1. The molecule has 0 fully saturated rings. The second-order valence-corrected chi connectivity index (χ2v) is 6.87. The van der Waals surface area contributed by atoms with Crippen LogP contribution in [0.5, 0.6) is 5.88 Å². The largest absolute Gasteiger partial charge is 0.477 e. The molecule has 0 spiro atoms. The van der Waals surface area contributed by atoms with Gasteiger partial charge < -0.3 is 4.74 Å². The highest BCUT2D eigenvalue weighted by Crippen LogP contribution is 2.24. The molecule has 0 aliphatic heterocycles. The van der Waals surface area contributed by atoms with E-state index >= 15 is 0 Å². The molecule has 25 heavy (non-hydrogen) atoms. The highest BCUT2D eigenvalue weighted by molar-refractivity contribution is 5.26. The lowest BCUT2D eigenvalue weighted by molar-refractivity contribution is 0.269. The summed E-state index contributed by atoms with van der Waals surface area (Å²) in [4.78, 5) is 4.27. The van der Waals surface area contributed by atoms with E-state index in [1.165, 1.54) is 62.5 Å². The standard InChI is InChI=1S/C23H33NO/c1-3-5-7-8-11-20-14-16-21(17-15-20)22(12-6-4-2)19-25-23-13-9-10-18-24-23/h9-10,13-18,22H,3-8,11-12,19H2,1-2H3. The molecule has 136 valence electrons. The minimum Gasteiger partial charge on any atom is -0.477 e. The maximum atomic E-state index is 5.93. The maximum Gasteiger partial charge on any atom is 0.213 e. The fourth-order valence-electron chi connectivity index (χ4n) is 3.13. The van der Waals surface area contributed by atoms with Crippen LogP contribution in [-0.4, -0.2) is 11.6 Å². The first kappa shape index (κ1) is 19.5. The molecule has 1 aromatic heterocycles. The Morgan fingerprint density at radius 3 is 2.36 bits per heavy atom. The second kappa shape index (κ2) is 11.7. The average Bonchev–Trinajstić information content (AvgIpc) is 2.67. The van der Waals surface area contributed by atoms with Gasteiger partial charge in [-0.1, -0.05) is 76.3 Å². The van der Waals surface area contributed by atoms with Crippen molar-refractivity contribution in [1.82, 2.24) is 4.98 Å². The molecule has 0 N–H and O–H groups in total. The lowest BCUT2D eigenvalue weighted by atomic mass is 9.93. The number of unbranched alkanes of at least 4 members (excludes halogenated alkanes) is 4. The molecule has 2 rings (SSSR count). The molecule has 0 bridgehead atoms. The van der Waals surface area contributed by atoms with Crippen LogP contribution in [-0.2, 0) is 6.42 Å². The summed E-state index contributed by atoms with van der Waals surface area (Å²) in [7, 11) is 0. The molecule has 2 heteroatoms. The summed E-state index contributed by atoms with van der Waals surface area (Å²) in [5.74, 6) is 1.16. The van der Waals surface area contributed by atoms with E-state index in [4.69, 9.17) is 4.74 Å². The van der Waals surface area contributed by atoms with Gasteiger partial charge in [0.1, 0.15) is 0 Å². The Labute approximate surface area is 153 Å². The Bertz CT molecular complexity index is 564. The Hall–Kier alpha value is -1.83. The fourth-order valence-corrected chi connectivity index (χ4v) is 3.13. The molecule has 0 saturated carbocycles. The van der Waals surface area contributed by atoms with Gasteiger partial charge in [0.15, 0.2) is 0 Å². The maximum absolute atomic E-state index is 5.93. The molecular formula is C23H33NO. The third-order valence-corrected chi connectivity index (χ3v) is 4.75. The van der Waals surface area contributed by atoms with Gasteiger partial charge in [-0.05, 0) is 36.5 Å². The van der Waals surface area contributed by atoms with E-state index in [9.17, 15) is 0 Å². The van der Waals surface area contributed by atoms with Crippen molar-refractivity contribution >= 4 is 0 Å². The van der Waals surface area contributed by atoms with Gasteiger partial charge in [-0.25, -0.2) is 4.98 Å². The van der Waals surface area contributed by atoms with Gasteiger partial charge in [0.05, 0.1) is 6.61 Å². The van der Waals surface area contributed by atoms with Crippen molar-refractivity contribution in [2.24, 2.45) is 0 Å². The first-order chi connectivity index (χ1) is 12.3. The Balaban J connectivity index is 1.91. The monoisotopic (exact) mass is 339 g/mol. The number of nitrogens with zero attached hydrogens (tertiary/aromatic N) is 1. The molecule has 1 atom stereocenters. The third-order valence-electron chi connectivity index (χ3n) is 4.75. The van der Waals surface area contributed by atoms with Crippen LogP contribution in [0.25, 0.3) is 0 Å². The van der Waals surface area contributed by atoms with Gasteiger partial charge in [-0.3, -0.25) is 0 Å². The lowest BCUT2D eigenvalue weighted by Gasteiger charge is -2.18. The highest BCUT2D eigenvalue weighted by Gasteiger charge is 2.12. The predicted molar refractivity (Wildman–Crippen MR) is 106 cm³/mol. The summed E-state index contributed by atoms with van der Waals surface area (Å²) in [6.07, 6.45) is 11.9. The first-order valence-electron chi connectivity index (χ1n) is 9.96. The molecule has 0 aliphatic rings. The number of pyridine rings is 1. The Kier molecular flexibility index (Phi) is 9.11. The summed E-state index contributed by atoms with van der Waals surface area (Å²) >= 11 is 0. The highest BCUT2D eigenvalue weighted by atomic mass is 16.5. The van der Waals surface area contributed by atoms with E-state index < -0.39 is 0 Å². The quantitative estimate of drug-likeness (QED) is 0.409. The number of aromatic nitrogens is 1. The van der Waals surface area contributed by atoms with Crippen LogP contribution >= 0.6 is 0 Å². The SMILES string of the molecule is CCCCCCc1ccc(C(CCCC)COc2ccccn2)cc1. The molecule has 0 radical (unpaired) electrons. The van der Waals surface area contributed by atoms with E-state index in [0.717, 1.165) is 5.88 Å². The summed E-state index contributed by atoms with van der Waals surface area (Å²) in [6, 6.07) is 15.0. The molecule has 1 heterocycles. The van der Waals surface area contributed by atoms with Crippen molar-refractivity contribution < 1.29 is 4.74 Å². The van der Waals surface area contributed by atoms with Crippen LogP contribution in [0, 0.1) is 0 Å².